The summed E-state index contributed by atoms with van der Waals surface area (Å²) in [6.07, 6.45) is 1.88. The molecule has 0 spiro atoms. The Kier molecular flexibility index (Phi) is 4.93. The van der Waals surface area contributed by atoms with Crippen molar-refractivity contribution in [3.8, 4) is 5.88 Å². The van der Waals surface area contributed by atoms with Crippen LogP contribution in [0.4, 0.5) is 5.69 Å². The molecule has 6 nitrogen and oxygen atoms in total. The molecule has 0 aliphatic carbocycles. The Morgan fingerprint density at radius 3 is 2.60 bits per heavy atom. The van der Waals surface area contributed by atoms with E-state index in [0.717, 1.165) is 25.9 Å². The van der Waals surface area contributed by atoms with Gasteiger partial charge in [0.2, 0.25) is 5.88 Å². The fourth-order valence-corrected chi connectivity index (χ4v) is 3.57. The van der Waals surface area contributed by atoms with Gasteiger partial charge >= 0.3 is 5.16 Å². The fourth-order valence-electron chi connectivity index (χ4n) is 2.43. The minimum atomic E-state index is -1.20. The first-order valence-corrected chi connectivity index (χ1v) is 8.28. The highest BCUT2D eigenvalue weighted by molar-refractivity contribution is 7.91. The van der Waals surface area contributed by atoms with Crippen molar-refractivity contribution >= 4 is 16.9 Å². The third kappa shape index (κ3) is 2.64. The Labute approximate surface area is 121 Å². The predicted molar refractivity (Wildman–Crippen MR) is 79.1 cm³/mol. The van der Waals surface area contributed by atoms with E-state index >= 15 is 0 Å². The second kappa shape index (κ2) is 6.49. The summed E-state index contributed by atoms with van der Waals surface area (Å²) >= 11 is -1.20. The molecule has 2 heterocycles. The molecule has 1 aromatic heterocycles. The van der Waals surface area contributed by atoms with E-state index in [9.17, 15) is 9.35 Å². The first kappa shape index (κ1) is 15.2. The summed E-state index contributed by atoms with van der Waals surface area (Å²) in [6, 6.07) is 0. The van der Waals surface area contributed by atoms with Gasteiger partial charge in [-0.25, -0.2) is 4.57 Å². The molecule has 0 saturated carbocycles. The van der Waals surface area contributed by atoms with Crippen LogP contribution in [0.15, 0.2) is 9.95 Å². The third-order valence-electron chi connectivity index (χ3n) is 3.28. The molecule has 1 aromatic rings. The van der Waals surface area contributed by atoms with Crippen LogP contribution in [-0.4, -0.2) is 40.1 Å². The molecule has 1 aliphatic rings. The second-order valence-electron chi connectivity index (χ2n) is 4.75. The Bertz CT molecular complexity index is 526. The van der Waals surface area contributed by atoms with E-state index in [2.05, 4.69) is 18.8 Å². The number of aromatic nitrogens is 2. The molecule has 0 bridgehead atoms. The summed E-state index contributed by atoms with van der Waals surface area (Å²) in [6.45, 7) is 6.18. The van der Waals surface area contributed by atoms with Crippen molar-refractivity contribution in [1.29, 1.82) is 0 Å². The summed E-state index contributed by atoms with van der Waals surface area (Å²) in [5.74, 6) is 0.745. The molecule has 1 unspecified atom stereocenters. The van der Waals surface area contributed by atoms with Crippen LogP contribution in [0, 0.1) is 0 Å². The lowest BCUT2D eigenvalue weighted by atomic mass is 10.3. The van der Waals surface area contributed by atoms with Crippen LogP contribution >= 0.6 is 0 Å². The van der Waals surface area contributed by atoms with Crippen molar-refractivity contribution in [3.05, 3.63) is 10.4 Å². The highest BCUT2D eigenvalue weighted by atomic mass is 32.2. The number of methoxy groups -OCH3 is 1. The standard InChI is InChI=1S/C13H21N3O3S/c1-4-6-15(7-5-2)10-11(19-3)14-13-16(12(10)17)8-9-20(13)18/h4-9H2,1-3H3. The zero-order valence-electron chi connectivity index (χ0n) is 12.2. The van der Waals surface area contributed by atoms with Crippen LogP contribution < -0.4 is 15.2 Å². The highest BCUT2D eigenvalue weighted by Crippen LogP contribution is 2.26. The molecule has 0 fully saturated rings. The molecule has 7 heteroatoms. The normalized spacial score (nSPS) is 17.1. The van der Waals surface area contributed by atoms with E-state index in [0.29, 0.717) is 29.0 Å². The van der Waals surface area contributed by atoms with E-state index < -0.39 is 11.2 Å². The molecule has 0 amide bonds. The average Bonchev–Trinajstić information content (AvgIpc) is 2.80. The molecule has 112 valence electrons. The SMILES string of the molecule is CCCN(CCC)c1c(OC)nc2n(c1=O)CC[S+]2[O-]. The molecular formula is C13H21N3O3S. The van der Waals surface area contributed by atoms with Gasteiger partial charge in [-0.1, -0.05) is 13.8 Å². The first-order valence-electron chi connectivity index (χ1n) is 6.96. The number of hydrogen-bond donors (Lipinski definition) is 0. The number of anilines is 1. The van der Waals surface area contributed by atoms with Crippen LogP contribution in [0.5, 0.6) is 5.88 Å². The van der Waals surface area contributed by atoms with E-state index in [4.69, 9.17) is 4.74 Å². The van der Waals surface area contributed by atoms with Gasteiger partial charge in [0, 0.05) is 24.3 Å². The molecule has 0 aromatic carbocycles. The molecule has 0 N–H and O–H groups in total. The van der Waals surface area contributed by atoms with Gasteiger partial charge in [0.1, 0.15) is 5.75 Å². The first-order chi connectivity index (χ1) is 9.63. The number of nitrogens with zero attached hydrogens (tertiary/aromatic N) is 3. The number of ether oxygens (including phenoxy) is 1. The Morgan fingerprint density at radius 2 is 2.05 bits per heavy atom. The number of hydrogen-bond acceptors (Lipinski definition) is 5. The van der Waals surface area contributed by atoms with Crippen LogP contribution in [0.3, 0.4) is 0 Å². The van der Waals surface area contributed by atoms with Gasteiger partial charge in [0.15, 0.2) is 5.69 Å². The Hall–Kier alpha value is -1.21. The molecular weight excluding hydrogens is 278 g/mol. The Balaban J connectivity index is 2.54. The van der Waals surface area contributed by atoms with Crippen LogP contribution in [0.2, 0.25) is 0 Å². The van der Waals surface area contributed by atoms with Crippen LogP contribution in [0.25, 0.3) is 0 Å². The van der Waals surface area contributed by atoms with Crippen molar-refractivity contribution in [2.75, 3.05) is 30.9 Å². The minimum Gasteiger partial charge on any atom is -0.609 e. The topological polar surface area (TPSA) is 70.4 Å². The Morgan fingerprint density at radius 1 is 1.40 bits per heavy atom. The van der Waals surface area contributed by atoms with E-state index in [1.807, 2.05) is 4.90 Å². The van der Waals surface area contributed by atoms with Gasteiger partial charge in [-0.3, -0.25) is 4.79 Å². The molecule has 0 radical (unpaired) electrons. The van der Waals surface area contributed by atoms with Gasteiger partial charge in [0.05, 0.1) is 13.7 Å². The van der Waals surface area contributed by atoms with Crippen molar-refractivity contribution in [3.63, 3.8) is 0 Å². The molecule has 20 heavy (non-hydrogen) atoms. The largest absolute Gasteiger partial charge is 0.609 e. The quantitative estimate of drug-likeness (QED) is 0.579. The van der Waals surface area contributed by atoms with Crippen molar-refractivity contribution in [2.24, 2.45) is 0 Å². The molecule has 2 rings (SSSR count). The zero-order chi connectivity index (χ0) is 14.7. The highest BCUT2D eigenvalue weighted by Gasteiger charge is 2.32. The minimum absolute atomic E-state index is 0.139. The predicted octanol–water partition coefficient (Wildman–Crippen LogP) is 1.000. The second-order valence-corrected chi connectivity index (χ2v) is 6.21. The smallest absolute Gasteiger partial charge is 0.329 e. The van der Waals surface area contributed by atoms with Crippen LogP contribution in [-0.2, 0) is 17.7 Å². The summed E-state index contributed by atoms with van der Waals surface area (Å²) < 4.78 is 18.6. The lowest BCUT2D eigenvalue weighted by Gasteiger charge is -2.24. The molecule has 1 aliphatic heterocycles. The lowest BCUT2D eigenvalue weighted by molar-refractivity contribution is 0.385. The van der Waals surface area contributed by atoms with E-state index in [-0.39, 0.29) is 5.56 Å². The number of rotatable bonds is 6. The molecule has 1 atom stereocenters. The number of fused-ring (bicyclic) bond motifs is 1. The summed E-state index contributed by atoms with van der Waals surface area (Å²) in [7, 11) is 1.50. The van der Waals surface area contributed by atoms with Gasteiger partial charge in [-0.2, -0.15) is 0 Å². The fraction of sp³-hybridized carbons (Fsp3) is 0.692. The summed E-state index contributed by atoms with van der Waals surface area (Å²) in [4.78, 5) is 19.0. The summed E-state index contributed by atoms with van der Waals surface area (Å²) in [5.41, 5.74) is 0.360. The maximum Gasteiger partial charge on any atom is 0.329 e. The summed E-state index contributed by atoms with van der Waals surface area (Å²) in [5, 5.41) is 0.337. The molecule has 0 saturated heterocycles. The van der Waals surface area contributed by atoms with E-state index in [1.165, 1.54) is 11.7 Å². The van der Waals surface area contributed by atoms with Crippen LogP contribution in [0.1, 0.15) is 26.7 Å². The van der Waals surface area contributed by atoms with Crippen molar-refractivity contribution < 1.29 is 9.29 Å². The van der Waals surface area contributed by atoms with Crippen molar-refractivity contribution in [1.82, 2.24) is 9.55 Å². The van der Waals surface area contributed by atoms with Crippen molar-refractivity contribution in [2.45, 2.75) is 38.4 Å². The monoisotopic (exact) mass is 299 g/mol. The maximum atomic E-state index is 12.6. The average molecular weight is 299 g/mol. The van der Waals surface area contributed by atoms with Gasteiger partial charge in [-0.15, -0.1) is 4.98 Å². The third-order valence-corrected chi connectivity index (χ3v) is 4.55. The van der Waals surface area contributed by atoms with Gasteiger partial charge < -0.3 is 14.2 Å². The van der Waals surface area contributed by atoms with Gasteiger partial charge in [0.25, 0.3) is 5.56 Å². The maximum absolute atomic E-state index is 12.6. The van der Waals surface area contributed by atoms with E-state index in [1.54, 1.807) is 0 Å². The van der Waals surface area contributed by atoms with Gasteiger partial charge in [-0.05, 0) is 12.8 Å². The zero-order valence-corrected chi connectivity index (χ0v) is 13.0. The lowest BCUT2D eigenvalue weighted by Crippen LogP contribution is -2.34.